The van der Waals surface area contributed by atoms with Gasteiger partial charge < -0.3 is 15.4 Å². The topological polar surface area (TPSA) is 50.8 Å². The molecule has 0 aromatic heterocycles. The van der Waals surface area contributed by atoms with Crippen molar-refractivity contribution in [2.24, 2.45) is 10.7 Å². The molecule has 0 aliphatic carbocycles. The van der Waals surface area contributed by atoms with Crippen LogP contribution in [0.4, 0.5) is 8.78 Å². The number of guanidine groups is 1. The van der Waals surface area contributed by atoms with E-state index in [2.05, 4.69) is 9.73 Å². The molecule has 0 bridgehead atoms. The molecule has 0 fully saturated rings. The minimum Gasteiger partial charge on any atom is -0.434 e. The monoisotopic (exact) mass is 283 g/mol. The van der Waals surface area contributed by atoms with Crippen LogP contribution in [0.1, 0.15) is 26.3 Å². The van der Waals surface area contributed by atoms with Crippen LogP contribution < -0.4 is 10.5 Å². The van der Waals surface area contributed by atoms with Gasteiger partial charge in [-0.3, -0.25) is 4.99 Å². The highest BCUT2D eigenvalue weighted by atomic mass is 19.3. The van der Waals surface area contributed by atoms with Crippen molar-refractivity contribution in [1.29, 1.82) is 0 Å². The van der Waals surface area contributed by atoms with Crippen LogP contribution in [0.15, 0.2) is 29.3 Å². The van der Waals surface area contributed by atoms with Gasteiger partial charge in [-0.1, -0.05) is 18.2 Å². The molecule has 2 rings (SSSR count). The SMILES string of the molecule is CC(C)N1C(N)=NCC1(C)c1ccccc1OC(F)F. The van der Waals surface area contributed by atoms with Gasteiger partial charge in [-0.15, -0.1) is 0 Å². The molecular formula is C14H19F2N3O. The third-order valence-corrected chi connectivity index (χ3v) is 3.53. The highest BCUT2D eigenvalue weighted by molar-refractivity contribution is 5.81. The lowest BCUT2D eigenvalue weighted by atomic mass is 9.89. The van der Waals surface area contributed by atoms with Gasteiger partial charge in [-0.25, -0.2) is 0 Å². The van der Waals surface area contributed by atoms with E-state index in [9.17, 15) is 8.78 Å². The van der Waals surface area contributed by atoms with Crippen molar-refractivity contribution in [2.75, 3.05) is 6.54 Å². The molecule has 1 unspecified atom stereocenters. The summed E-state index contributed by atoms with van der Waals surface area (Å²) in [5.41, 5.74) is 6.02. The van der Waals surface area contributed by atoms with Crippen LogP contribution in [-0.4, -0.2) is 30.1 Å². The fraction of sp³-hybridized carbons (Fsp3) is 0.500. The second kappa shape index (κ2) is 5.26. The fourth-order valence-corrected chi connectivity index (χ4v) is 2.80. The number of benzene rings is 1. The number of nitrogens with zero attached hydrogens (tertiary/aromatic N) is 2. The van der Waals surface area contributed by atoms with Crippen molar-refractivity contribution in [3.63, 3.8) is 0 Å². The molecule has 110 valence electrons. The Labute approximate surface area is 117 Å². The molecule has 1 aromatic rings. The van der Waals surface area contributed by atoms with Gasteiger partial charge in [0.1, 0.15) is 5.75 Å². The van der Waals surface area contributed by atoms with Crippen LogP contribution in [0.3, 0.4) is 0 Å². The molecule has 1 aliphatic rings. The predicted octanol–water partition coefficient (Wildman–Crippen LogP) is 2.54. The van der Waals surface area contributed by atoms with E-state index in [0.29, 0.717) is 18.1 Å². The van der Waals surface area contributed by atoms with E-state index in [1.54, 1.807) is 24.3 Å². The summed E-state index contributed by atoms with van der Waals surface area (Å²) in [4.78, 5) is 6.20. The van der Waals surface area contributed by atoms with Gasteiger partial charge in [0.25, 0.3) is 0 Å². The average Bonchev–Trinajstić information content (AvgIpc) is 2.66. The third-order valence-electron chi connectivity index (χ3n) is 3.53. The van der Waals surface area contributed by atoms with Gasteiger partial charge >= 0.3 is 6.61 Å². The molecule has 6 heteroatoms. The number of rotatable bonds is 4. The Kier molecular flexibility index (Phi) is 3.83. The number of ether oxygens (including phenoxy) is 1. The Morgan fingerprint density at radius 1 is 1.35 bits per heavy atom. The Balaban J connectivity index is 2.45. The molecule has 1 atom stereocenters. The van der Waals surface area contributed by atoms with E-state index in [-0.39, 0.29) is 11.8 Å². The van der Waals surface area contributed by atoms with Crippen molar-refractivity contribution in [2.45, 2.75) is 39.0 Å². The number of para-hydroxylation sites is 1. The van der Waals surface area contributed by atoms with Crippen molar-refractivity contribution < 1.29 is 13.5 Å². The molecule has 1 heterocycles. The van der Waals surface area contributed by atoms with Gasteiger partial charge in [0, 0.05) is 11.6 Å². The summed E-state index contributed by atoms with van der Waals surface area (Å²) in [6.07, 6.45) is 0. The molecule has 0 saturated heterocycles. The first-order valence-corrected chi connectivity index (χ1v) is 6.50. The lowest BCUT2D eigenvalue weighted by molar-refractivity contribution is -0.0516. The number of halogens is 2. The van der Waals surface area contributed by atoms with E-state index >= 15 is 0 Å². The minimum atomic E-state index is -2.85. The second-order valence-electron chi connectivity index (χ2n) is 5.29. The molecule has 0 radical (unpaired) electrons. The normalized spacial score (nSPS) is 22.6. The average molecular weight is 283 g/mol. The molecule has 1 aromatic carbocycles. The zero-order valence-corrected chi connectivity index (χ0v) is 11.8. The van der Waals surface area contributed by atoms with E-state index < -0.39 is 12.2 Å². The summed E-state index contributed by atoms with van der Waals surface area (Å²) in [5, 5.41) is 0. The van der Waals surface area contributed by atoms with Crippen molar-refractivity contribution in [1.82, 2.24) is 4.90 Å². The Bertz CT molecular complexity index is 519. The maximum Gasteiger partial charge on any atom is 0.387 e. The highest BCUT2D eigenvalue weighted by Gasteiger charge is 2.42. The minimum absolute atomic E-state index is 0.103. The van der Waals surface area contributed by atoms with Gasteiger partial charge in [0.15, 0.2) is 5.96 Å². The van der Waals surface area contributed by atoms with Gasteiger partial charge in [-0.2, -0.15) is 8.78 Å². The molecule has 0 amide bonds. The molecule has 1 aliphatic heterocycles. The van der Waals surface area contributed by atoms with E-state index in [0.717, 1.165) is 0 Å². The van der Waals surface area contributed by atoms with Crippen LogP contribution in [0.2, 0.25) is 0 Å². The second-order valence-corrected chi connectivity index (χ2v) is 5.29. The summed E-state index contributed by atoms with van der Waals surface area (Å²) in [7, 11) is 0. The molecule has 20 heavy (non-hydrogen) atoms. The smallest absolute Gasteiger partial charge is 0.387 e. The summed E-state index contributed by atoms with van der Waals surface area (Å²) in [5.74, 6) is 0.593. The largest absolute Gasteiger partial charge is 0.434 e. The molecule has 0 saturated carbocycles. The van der Waals surface area contributed by atoms with Crippen LogP contribution in [-0.2, 0) is 5.54 Å². The maximum absolute atomic E-state index is 12.6. The summed E-state index contributed by atoms with van der Waals surface area (Å²) in [6, 6.07) is 6.89. The maximum atomic E-state index is 12.6. The Morgan fingerprint density at radius 3 is 2.60 bits per heavy atom. The van der Waals surface area contributed by atoms with Gasteiger partial charge in [0.05, 0.1) is 12.1 Å². The van der Waals surface area contributed by atoms with Crippen LogP contribution >= 0.6 is 0 Å². The Morgan fingerprint density at radius 2 is 2.00 bits per heavy atom. The van der Waals surface area contributed by atoms with Crippen molar-refractivity contribution in [3.05, 3.63) is 29.8 Å². The standard InChI is InChI=1S/C14H19F2N3O/c1-9(2)19-13(17)18-8-14(19,3)10-6-4-5-7-11(10)20-12(15)16/h4-7,9,12H,8H2,1-3H3,(H2,17,18). The number of aliphatic imine (C=N–C) groups is 1. The van der Waals surface area contributed by atoms with Crippen LogP contribution in [0.5, 0.6) is 5.75 Å². The van der Waals surface area contributed by atoms with Crippen molar-refractivity contribution in [3.8, 4) is 5.75 Å². The molecule has 2 N–H and O–H groups in total. The first-order chi connectivity index (χ1) is 9.36. The lowest BCUT2D eigenvalue weighted by Gasteiger charge is -2.40. The summed E-state index contributed by atoms with van der Waals surface area (Å²) < 4.78 is 29.7. The summed E-state index contributed by atoms with van der Waals surface area (Å²) >= 11 is 0. The van der Waals surface area contributed by atoms with Crippen molar-refractivity contribution >= 4 is 5.96 Å². The summed E-state index contributed by atoms with van der Waals surface area (Å²) in [6.45, 7) is 3.47. The fourth-order valence-electron chi connectivity index (χ4n) is 2.80. The van der Waals surface area contributed by atoms with E-state index in [1.807, 2.05) is 25.7 Å². The number of hydrogen-bond donors (Lipinski definition) is 1. The van der Waals surface area contributed by atoms with E-state index in [4.69, 9.17) is 5.73 Å². The van der Waals surface area contributed by atoms with Gasteiger partial charge in [-0.05, 0) is 26.8 Å². The number of hydrogen-bond acceptors (Lipinski definition) is 4. The Hall–Kier alpha value is -1.85. The third kappa shape index (κ3) is 2.42. The first-order valence-electron chi connectivity index (χ1n) is 6.50. The van der Waals surface area contributed by atoms with Gasteiger partial charge in [0.2, 0.25) is 0 Å². The lowest BCUT2D eigenvalue weighted by Crippen LogP contribution is -2.51. The van der Waals surface area contributed by atoms with E-state index in [1.165, 1.54) is 0 Å². The van der Waals surface area contributed by atoms with Crippen LogP contribution in [0.25, 0.3) is 0 Å². The highest BCUT2D eigenvalue weighted by Crippen LogP contribution is 2.39. The van der Waals surface area contributed by atoms with Crippen LogP contribution in [0, 0.1) is 0 Å². The predicted molar refractivity (Wildman–Crippen MR) is 73.9 cm³/mol. The first kappa shape index (κ1) is 14.6. The number of alkyl halides is 2. The quantitative estimate of drug-likeness (QED) is 0.924. The molecule has 0 spiro atoms. The molecular weight excluding hydrogens is 264 g/mol. The zero-order chi connectivity index (χ0) is 14.9. The zero-order valence-electron chi connectivity index (χ0n) is 11.8. The number of nitrogens with two attached hydrogens (primary N) is 1. The molecule has 4 nitrogen and oxygen atoms in total.